The molecule has 2 heterocycles. The standard InChI is InChI=1S/C9H8FN3S2/c1-2-8-12-9(15-13-8)14-6-3-4-11-7(10)5-6/h3-5H,2H2,1H3. The second kappa shape index (κ2) is 4.67. The molecule has 0 unspecified atom stereocenters. The first kappa shape index (κ1) is 10.5. The highest BCUT2D eigenvalue weighted by Gasteiger charge is 2.05. The van der Waals surface area contributed by atoms with Crippen LogP contribution in [0.5, 0.6) is 0 Å². The predicted octanol–water partition coefficient (Wildman–Crippen LogP) is 2.79. The zero-order chi connectivity index (χ0) is 10.7. The summed E-state index contributed by atoms with van der Waals surface area (Å²) in [6.07, 6.45) is 2.27. The van der Waals surface area contributed by atoms with Crippen LogP contribution in [-0.2, 0) is 6.42 Å². The third kappa shape index (κ3) is 2.73. The van der Waals surface area contributed by atoms with Crippen molar-refractivity contribution in [3.63, 3.8) is 0 Å². The Labute approximate surface area is 94.9 Å². The molecule has 0 amide bonds. The molecule has 0 saturated carbocycles. The fourth-order valence-corrected chi connectivity index (χ4v) is 2.66. The molecule has 0 aliphatic carbocycles. The van der Waals surface area contributed by atoms with E-state index in [1.54, 1.807) is 6.07 Å². The molecule has 0 N–H and O–H groups in total. The highest BCUT2D eigenvalue weighted by atomic mass is 32.2. The van der Waals surface area contributed by atoms with Gasteiger partial charge >= 0.3 is 0 Å². The molecule has 0 radical (unpaired) electrons. The van der Waals surface area contributed by atoms with E-state index in [1.807, 2.05) is 6.92 Å². The van der Waals surface area contributed by atoms with Crippen LogP contribution in [0.4, 0.5) is 4.39 Å². The lowest BCUT2D eigenvalue weighted by molar-refractivity contribution is 0.579. The molecule has 0 bridgehead atoms. The Balaban J connectivity index is 2.14. The van der Waals surface area contributed by atoms with E-state index in [2.05, 4.69) is 14.3 Å². The molecule has 0 atom stereocenters. The van der Waals surface area contributed by atoms with E-state index in [9.17, 15) is 4.39 Å². The van der Waals surface area contributed by atoms with E-state index in [4.69, 9.17) is 0 Å². The molecule has 78 valence electrons. The molecule has 0 fully saturated rings. The van der Waals surface area contributed by atoms with Crippen LogP contribution in [0, 0.1) is 5.95 Å². The van der Waals surface area contributed by atoms with Gasteiger partial charge in [0.2, 0.25) is 5.95 Å². The zero-order valence-electron chi connectivity index (χ0n) is 7.98. The average Bonchev–Trinajstić information content (AvgIpc) is 2.65. The Hall–Kier alpha value is -1.01. The van der Waals surface area contributed by atoms with Gasteiger partial charge in [-0.1, -0.05) is 18.7 Å². The maximum Gasteiger partial charge on any atom is 0.213 e. The van der Waals surface area contributed by atoms with Gasteiger partial charge in [-0.15, -0.1) is 0 Å². The van der Waals surface area contributed by atoms with Crippen molar-refractivity contribution >= 4 is 23.3 Å². The van der Waals surface area contributed by atoms with Crippen LogP contribution in [0.15, 0.2) is 27.6 Å². The van der Waals surface area contributed by atoms with Gasteiger partial charge in [-0.3, -0.25) is 0 Å². The molecule has 2 rings (SSSR count). The van der Waals surface area contributed by atoms with Crippen molar-refractivity contribution < 1.29 is 4.39 Å². The molecule has 2 aromatic heterocycles. The SMILES string of the molecule is CCc1nsc(Sc2ccnc(F)c2)n1. The Morgan fingerprint density at radius 1 is 1.53 bits per heavy atom. The number of halogens is 1. The van der Waals surface area contributed by atoms with Crippen LogP contribution in [-0.4, -0.2) is 14.3 Å². The molecule has 0 aliphatic rings. The van der Waals surface area contributed by atoms with Gasteiger partial charge in [0.25, 0.3) is 0 Å². The van der Waals surface area contributed by atoms with Crippen molar-refractivity contribution in [2.24, 2.45) is 0 Å². The molecule has 0 spiro atoms. The van der Waals surface area contributed by atoms with Crippen molar-refractivity contribution in [3.8, 4) is 0 Å². The first-order valence-corrected chi connectivity index (χ1v) is 5.99. The fourth-order valence-electron chi connectivity index (χ4n) is 0.972. The molecular formula is C9H8FN3S2. The van der Waals surface area contributed by atoms with Crippen molar-refractivity contribution in [1.82, 2.24) is 14.3 Å². The van der Waals surface area contributed by atoms with Crippen LogP contribution >= 0.6 is 23.3 Å². The van der Waals surface area contributed by atoms with Crippen molar-refractivity contribution in [3.05, 3.63) is 30.1 Å². The van der Waals surface area contributed by atoms with Crippen LogP contribution in [0.3, 0.4) is 0 Å². The van der Waals surface area contributed by atoms with Gasteiger partial charge in [-0.2, -0.15) is 8.76 Å². The van der Waals surface area contributed by atoms with Gasteiger partial charge in [0.1, 0.15) is 5.82 Å². The van der Waals surface area contributed by atoms with Gasteiger partial charge < -0.3 is 0 Å². The fraction of sp³-hybridized carbons (Fsp3) is 0.222. The minimum Gasteiger partial charge on any atom is -0.228 e. The van der Waals surface area contributed by atoms with Gasteiger partial charge in [-0.25, -0.2) is 9.97 Å². The summed E-state index contributed by atoms with van der Waals surface area (Å²) in [5, 5.41) is 0. The summed E-state index contributed by atoms with van der Waals surface area (Å²) in [6.45, 7) is 2.00. The predicted molar refractivity (Wildman–Crippen MR) is 57.6 cm³/mol. The molecule has 0 saturated heterocycles. The summed E-state index contributed by atoms with van der Waals surface area (Å²) in [6, 6.07) is 3.14. The number of aromatic nitrogens is 3. The van der Waals surface area contributed by atoms with Crippen LogP contribution in [0.1, 0.15) is 12.7 Å². The van der Waals surface area contributed by atoms with Crippen molar-refractivity contribution in [2.75, 3.05) is 0 Å². The zero-order valence-corrected chi connectivity index (χ0v) is 9.61. The van der Waals surface area contributed by atoms with E-state index in [0.717, 1.165) is 21.5 Å². The quantitative estimate of drug-likeness (QED) is 0.774. The molecular weight excluding hydrogens is 233 g/mol. The lowest BCUT2D eigenvalue weighted by atomic mass is 10.5. The minimum atomic E-state index is -0.472. The maximum atomic E-state index is 12.8. The molecule has 0 aliphatic heterocycles. The average molecular weight is 241 g/mol. The highest BCUT2D eigenvalue weighted by Crippen LogP contribution is 2.28. The summed E-state index contributed by atoms with van der Waals surface area (Å²) in [7, 11) is 0. The van der Waals surface area contributed by atoms with E-state index in [-0.39, 0.29) is 0 Å². The Bertz CT molecular complexity index is 458. The van der Waals surface area contributed by atoms with Gasteiger partial charge in [0, 0.05) is 23.6 Å². The monoisotopic (exact) mass is 241 g/mol. The second-order valence-corrected chi connectivity index (χ2v) is 4.82. The van der Waals surface area contributed by atoms with Gasteiger partial charge in [-0.05, 0) is 17.6 Å². The van der Waals surface area contributed by atoms with Crippen LogP contribution in [0.25, 0.3) is 0 Å². The number of nitrogens with zero attached hydrogens (tertiary/aromatic N) is 3. The van der Waals surface area contributed by atoms with E-state index < -0.39 is 5.95 Å². The Morgan fingerprint density at radius 2 is 2.40 bits per heavy atom. The summed E-state index contributed by atoms with van der Waals surface area (Å²) < 4.78 is 17.8. The van der Waals surface area contributed by atoms with E-state index >= 15 is 0 Å². The summed E-state index contributed by atoms with van der Waals surface area (Å²) in [4.78, 5) is 8.56. The number of pyridine rings is 1. The Morgan fingerprint density at radius 3 is 3.07 bits per heavy atom. The molecule has 15 heavy (non-hydrogen) atoms. The van der Waals surface area contributed by atoms with Crippen molar-refractivity contribution in [1.29, 1.82) is 0 Å². The number of hydrogen-bond donors (Lipinski definition) is 0. The third-order valence-electron chi connectivity index (χ3n) is 1.67. The largest absolute Gasteiger partial charge is 0.228 e. The molecule has 2 aromatic rings. The van der Waals surface area contributed by atoms with Crippen LogP contribution in [0.2, 0.25) is 0 Å². The maximum absolute atomic E-state index is 12.8. The number of hydrogen-bond acceptors (Lipinski definition) is 5. The summed E-state index contributed by atoms with van der Waals surface area (Å²) in [5.74, 6) is 0.359. The molecule has 3 nitrogen and oxygen atoms in total. The van der Waals surface area contributed by atoms with E-state index in [0.29, 0.717) is 0 Å². The Kier molecular flexibility index (Phi) is 3.27. The number of rotatable bonds is 3. The minimum absolute atomic E-state index is 0.472. The highest BCUT2D eigenvalue weighted by molar-refractivity contribution is 8.01. The normalized spacial score (nSPS) is 10.5. The van der Waals surface area contributed by atoms with E-state index in [1.165, 1.54) is 35.6 Å². The summed E-state index contributed by atoms with van der Waals surface area (Å²) in [5.41, 5.74) is 0. The smallest absolute Gasteiger partial charge is 0.213 e. The number of aryl methyl sites for hydroxylation is 1. The first-order valence-electron chi connectivity index (χ1n) is 4.40. The topological polar surface area (TPSA) is 38.7 Å². The van der Waals surface area contributed by atoms with Gasteiger partial charge in [0.05, 0.1) is 0 Å². The molecule has 0 aromatic carbocycles. The second-order valence-electron chi connectivity index (χ2n) is 2.75. The lowest BCUT2D eigenvalue weighted by Crippen LogP contribution is -1.82. The third-order valence-corrected chi connectivity index (χ3v) is 3.45. The molecule has 6 heteroatoms. The first-order chi connectivity index (χ1) is 7.28. The van der Waals surface area contributed by atoms with Crippen molar-refractivity contribution in [2.45, 2.75) is 22.6 Å². The lowest BCUT2D eigenvalue weighted by Gasteiger charge is -1.95. The summed E-state index contributed by atoms with van der Waals surface area (Å²) >= 11 is 2.74. The van der Waals surface area contributed by atoms with Gasteiger partial charge in [0.15, 0.2) is 4.34 Å². The van der Waals surface area contributed by atoms with Crippen LogP contribution < -0.4 is 0 Å².